The first kappa shape index (κ1) is 14.9. The zero-order valence-electron chi connectivity index (χ0n) is 9.75. The van der Waals surface area contributed by atoms with Crippen molar-refractivity contribution in [3.05, 3.63) is 50.5 Å². The number of hydrogen-bond donors (Lipinski definition) is 2. The van der Waals surface area contributed by atoms with E-state index >= 15 is 0 Å². The SMILES string of the molecule is Nc1ncc(Br)cc1C(=O)Nc1c(F)cc(F)cc1Br. The van der Waals surface area contributed by atoms with E-state index in [0.717, 1.165) is 6.07 Å². The molecule has 104 valence electrons. The number of carbonyl (C=O) groups excluding carboxylic acids is 1. The quantitative estimate of drug-likeness (QED) is 0.798. The first-order valence-corrected chi connectivity index (χ1v) is 6.84. The summed E-state index contributed by atoms with van der Waals surface area (Å²) in [7, 11) is 0. The molecule has 1 aromatic heterocycles. The van der Waals surface area contributed by atoms with E-state index in [1.165, 1.54) is 12.3 Å². The second-order valence-electron chi connectivity index (χ2n) is 3.78. The van der Waals surface area contributed by atoms with Gasteiger partial charge in [0.05, 0.1) is 11.3 Å². The van der Waals surface area contributed by atoms with Crippen LogP contribution in [0.4, 0.5) is 20.3 Å². The van der Waals surface area contributed by atoms with Gasteiger partial charge in [-0.3, -0.25) is 4.79 Å². The molecule has 1 amide bonds. The van der Waals surface area contributed by atoms with Crippen LogP contribution in [0.5, 0.6) is 0 Å². The lowest BCUT2D eigenvalue weighted by Crippen LogP contribution is -2.16. The molecule has 0 fully saturated rings. The highest BCUT2D eigenvalue weighted by molar-refractivity contribution is 9.10. The summed E-state index contributed by atoms with van der Waals surface area (Å²) in [5.41, 5.74) is 5.49. The summed E-state index contributed by atoms with van der Waals surface area (Å²) >= 11 is 6.14. The molecule has 0 aliphatic heterocycles. The van der Waals surface area contributed by atoms with Crippen molar-refractivity contribution >= 4 is 49.3 Å². The molecule has 0 bridgehead atoms. The molecule has 0 spiro atoms. The number of aromatic nitrogens is 1. The van der Waals surface area contributed by atoms with Gasteiger partial charge in [-0.05, 0) is 44.0 Å². The second kappa shape index (κ2) is 5.84. The summed E-state index contributed by atoms with van der Waals surface area (Å²) in [6, 6.07) is 3.16. The van der Waals surface area contributed by atoms with Crippen molar-refractivity contribution in [1.29, 1.82) is 0 Å². The van der Waals surface area contributed by atoms with E-state index in [0.29, 0.717) is 10.5 Å². The molecule has 0 unspecified atom stereocenters. The van der Waals surface area contributed by atoms with Crippen LogP contribution < -0.4 is 11.1 Å². The number of rotatable bonds is 2. The Morgan fingerprint density at radius 1 is 1.25 bits per heavy atom. The van der Waals surface area contributed by atoms with E-state index < -0.39 is 17.5 Å². The van der Waals surface area contributed by atoms with Crippen LogP contribution in [0.25, 0.3) is 0 Å². The lowest BCUT2D eigenvalue weighted by molar-refractivity contribution is 0.102. The number of nitrogens with two attached hydrogens (primary N) is 1. The van der Waals surface area contributed by atoms with Crippen LogP contribution in [0.2, 0.25) is 0 Å². The average molecular weight is 407 g/mol. The third-order valence-electron chi connectivity index (χ3n) is 2.38. The van der Waals surface area contributed by atoms with Gasteiger partial charge in [0.1, 0.15) is 11.6 Å². The number of carbonyl (C=O) groups is 1. The summed E-state index contributed by atoms with van der Waals surface area (Å²) in [5, 5.41) is 2.32. The Morgan fingerprint density at radius 2 is 1.95 bits per heavy atom. The van der Waals surface area contributed by atoms with E-state index in [1.54, 1.807) is 0 Å². The number of benzene rings is 1. The fourth-order valence-electron chi connectivity index (χ4n) is 1.47. The molecule has 0 aliphatic rings. The molecule has 0 saturated carbocycles. The molecule has 0 atom stereocenters. The van der Waals surface area contributed by atoms with E-state index in [1.807, 2.05) is 0 Å². The Labute approximate surface area is 129 Å². The molecule has 0 aliphatic carbocycles. The molecule has 4 nitrogen and oxygen atoms in total. The molecule has 20 heavy (non-hydrogen) atoms. The summed E-state index contributed by atoms with van der Waals surface area (Å²) < 4.78 is 27.2. The van der Waals surface area contributed by atoms with Gasteiger partial charge in [0, 0.05) is 21.2 Å². The summed E-state index contributed by atoms with van der Waals surface area (Å²) in [5.74, 6) is -2.30. The van der Waals surface area contributed by atoms with Gasteiger partial charge >= 0.3 is 0 Å². The number of amides is 1. The normalized spacial score (nSPS) is 10.4. The van der Waals surface area contributed by atoms with E-state index in [-0.39, 0.29) is 21.5 Å². The zero-order chi connectivity index (χ0) is 14.9. The Bertz CT molecular complexity index is 671. The van der Waals surface area contributed by atoms with Crippen LogP contribution in [0.1, 0.15) is 10.4 Å². The highest BCUT2D eigenvalue weighted by atomic mass is 79.9. The lowest BCUT2D eigenvalue weighted by atomic mass is 10.2. The minimum Gasteiger partial charge on any atom is -0.383 e. The molecule has 0 radical (unpaired) electrons. The van der Waals surface area contributed by atoms with Gasteiger partial charge in [0.2, 0.25) is 0 Å². The smallest absolute Gasteiger partial charge is 0.259 e. The van der Waals surface area contributed by atoms with Crippen LogP contribution >= 0.6 is 31.9 Å². The number of pyridine rings is 1. The third-order valence-corrected chi connectivity index (χ3v) is 3.43. The van der Waals surface area contributed by atoms with Crippen molar-refractivity contribution in [3.8, 4) is 0 Å². The fourth-order valence-corrected chi connectivity index (χ4v) is 2.31. The van der Waals surface area contributed by atoms with Crippen molar-refractivity contribution in [2.75, 3.05) is 11.1 Å². The molecule has 1 heterocycles. The van der Waals surface area contributed by atoms with Crippen molar-refractivity contribution in [1.82, 2.24) is 4.98 Å². The number of nitrogen functional groups attached to an aromatic ring is 1. The molecular formula is C12H7Br2F2N3O. The van der Waals surface area contributed by atoms with Crippen LogP contribution in [-0.4, -0.2) is 10.9 Å². The lowest BCUT2D eigenvalue weighted by Gasteiger charge is -2.10. The third kappa shape index (κ3) is 3.13. The van der Waals surface area contributed by atoms with E-state index in [2.05, 4.69) is 42.2 Å². The number of nitrogens with one attached hydrogen (secondary N) is 1. The Morgan fingerprint density at radius 3 is 2.60 bits per heavy atom. The molecule has 8 heteroatoms. The van der Waals surface area contributed by atoms with Gasteiger partial charge in [-0.25, -0.2) is 13.8 Å². The second-order valence-corrected chi connectivity index (χ2v) is 5.55. The fraction of sp³-hybridized carbons (Fsp3) is 0. The summed E-state index contributed by atoms with van der Waals surface area (Å²) in [4.78, 5) is 15.8. The van der Waals surface area contributed by atoms with Gasteiger partial charge in [0.25, 0.3) is 5.91 Å². The number of anilines is 2. The highest BCUT2D eigenvalue weighted by Gasteiger charge is 2.16. The molecule has 2 rings (SSSR count). The van der Waals surface area contributed by atoms with Gasteiger partial charge in [0.15, 0.2) is 5.82 Å². The van der Waals surface area contributed by atoms with Crippen molar-refractivity contribution in [2.45, 2.75) is 0 Å². The van der Waals surface area contributed by atoms with Crippen LogP contribution in [0.15, 0.2) is 33.3 Å². The largest absolute Gasteiger partial charge is 0.383 e. The first-order valence-electron chi connectivity index (χ1n) is 5.25. The van der Waals surface area contributed by atoms with Crippen LogP contribution in [0, 0.1) is 11.6 Å². The van der Waals surface area contributed by atoms with Gasteiger partial charge in [-0.2, -0.15) is 0 Å². The highest BCUT2D eigenvalue weighted by Crippen LogP contribution is 2.28. The maximum Gasteiger partial charge on any atom is 0.259 e. The first-order chi connectivity index (χ1) is 9.38. The maximum atomic E-state index is 13.6. The molecule has 3 N–H and O–H groups in total. The van der Waals surface area contributed by atoms with E-state index in [9.17, 15) is 13.6 Å². The van der Waals surface area contributed by atoms with Gasteiger partial charge < -0.3 is 11.1 Å². The topological polar surface area (TPSA) is 68.0 Å². The van der Waals surface area contributed by atoms with Gasteiger partial charge in [-0.1, -0.05) is 0 Å². The van der Waals surface area contributed by atoms with E-state index in [4.69, 9.17) is 5.73 Å². The molecule has 0 saturated heterocycles. The van der Waals surface area contributed by atoms with Gasteiger partial charge in [-0.15, -0.1) is 0 Å². The Balaban J connectivity index is 2.35. The number of halogens is 4. The van der Waals surface area contributed by atoms with Crippen LogP contribution in [0.3, 0.4) is 0 Å². The predicted octanol–water partition coefficient (Wildman–Crippen LogP) is 3.72. The van der Waals surface area contributed by atoms with Crippen LogP contribution in [-0.2, 0) is 0 Å². The minimum atomic E-state index is -0.897. The molecular weight excluding hydrogens is 400 g/mol. The molecule has 2 aromatic rings. The van der Waals surface area contributed by atoms with Crippen molar-refractivity contribution in [2.24, 2.45) is 0 Å². The van der Waals surface area contributed by atoms with Crippen molar-refractivity contribution < 1.29 is 13.6 Å². The van der Waals surface area contributed by atoms with Crippen molar-refractivity contribution in [3.63, 3.8) is 0 Å². The summed E-state index contributed by atoms with van der Waals surface area (Å²) in [6.07, 6.45) is 1.43. The summed E-state index contributed by atoms with van der Waals surface area (Å²) in [6.45, 7) is 0. The zero-order valence-corrected chi connectivity index (χ0v) is 12.9. The Kier molecular flexibility index (Phi) is 4.34. The maximum absolute atomic E-state index is 13.6. The standard InChI is InChI=1S/C12H7Br2F2N3O/c13-5-1-7(11(17)18-4-5)12(20)19-10-8(14)2-6(15)3-9(10)16/h1-4H,(H2,17,18)(H,19,20). The molecule has 1 aromatic carbocycles. The number of hydrogen-bond acceptors (Lipinski definition) is 3. The predicted molar refractivity (Wildman–Crippen MR) is 78.4 cm³/mol. The average Bonchev–Trinajstić information content (AvgIpc) is 2.36. The minimum absolute atomic E-state index is 0.00402. The Hall–Kier alpha value is -1.54. The monoisotopic (exact) mass is 405 g/mol. The number of nitrogens with zero attached hydrogens (tertiary/aromatic N) is 1.